The van der Waals surface area contributed by atoms with Crippen molar-refractivity contribution in [1.29, 1.82) is 0 Å². The lowest BCUT2D eigenvalue weighted by Gasteiger charge is -2.34. The van der Waals surface area contributed by atoms with Gasteiger partial charge in [-0.3, -0.25) is 4.99 Å². The molecule has 0 amide bonds. The summed E-state index contributed by atoms with van der Waals surface area (Å²) in [5.74, 6) is 1.90. The molecule has 2 aliphatic carbocycles. The first-order valence-electron chi connectivity index (χ1n) is 13.6. The molecule has 0 aromatic heterocycles. The van der Waals surface area contributed by atoms with E-state index in [1.165, 1.54) is 24.0 Å². The Morgan fingerprint density at radius 2 is 1.89 bits per heavy atom. The number of hydrogen-bond donors (Lipinski definition) is 0. The van der Waals surface area contributed by atoms with Gasteiger partial charge in [-0.2, -0.15) is 0 Å². The number of fused-ring (bicyclic) bond motifs is 2. The van der Waals surface area contributed by atoms with Gasteiger partial charge >= 0.3 is 0 Å². The van der Waals surface area contributed by atoms with E-state index in [0.29, 0.717) is 46.7 Å². The molecule has 3 fully saturated rings. The molecule has 0 spiro atoms. The fourth-order valence-electron chi connectivity index (χ4n) is 6.84. The van der Waals surface area contributed by atoms with Crippen molar-refractivity contribution in [3.8, 4) is 0 Å². The van der Waals surface area contributed by atoms with Crippen molar-refractivity contribution < 1.29 is 9.18 Å². The summed E-state index contributed by atoms with van der Waals surface area (Å²) in [6.45, 7) is 3.28. The average molecular weight is 540 g/mol. The van der Waals surface area contributed by atoms with Crippen molar-refractivity contribution in [2.75, 3.05) is 18.0 Å². The molecule has 0 radical (unpaired) electrons. The maximum absolute atomic E-state index is 15.0. The van der Waals surface area contributed by atoms with E-state index in [1.54, 1.807) is 13.0 Å². The lowest BCUT2D eigenvalue weighted by Crippen LogP contribution is -2.36. The number of carbonyl (C=O) groups excluding carboxylic acids is 1. The number of carbonyl (C=O) groups is 1. The van der Waals surface area contributed by atoms with Crippen molar-refractivity contribution in [3.63, 3.8) is 0 Å². The zero-order valence-corrected chi connectivity index (χ0v) is 22.8. The highest BCUT2D eigenvalue weighted by atomic mass is 35.5. The standard InChI is InChI=1S/C31H33Cl2FN2O/c1-18(37)5-6-19-7-12-29(28(34)13-19)36-17-22-15-23(36)14-21(22)10-11-24-25(20-8-9-20)16-35-31(24)30-26(32)3-2-4-27(30)33/h2-4,7,12-13,20-23H,5-6,8-11,14-17H2,1H3/t21?,22?,23-/m0/s1. The summed E-state index contributed by atoms with van der Waals surface area (Å²) in [7, 11) is 0. The van der Waals surface area contributed by atoms with Crippen molar-refractivity contribution in [3.05, 3.63) is 74.5 Å². The summed E-state index contributed by atoms with van der Waals surface area (Å²) in [5, 5.41) is 1.34. The number of benzene rings is 2. The van der Waals surface area contributed by atoms with Crippen LogP contribution in [-0.2, 0) is 11.2 Å². The SMILES string of the molecule is CC(=O)CCc1ccc(N2CC3C[C@@H]2CC3CCC2=C(C3CC3)CN=C2c2c(Cl)cccc2Cl)c(F)c1. The largest absolute Gasteiger partial charge is 0.366 e. The van der Waals surface area contributed by atoms with Crippen LogP contribution in [0, 0.1) is 23.6 Å². The minimum Gasteiger partial charge on any atom is -0.366 e. The minimum atomic E-state index is -0.159. The van der Waals surface area contributed by atoms with Crippen LogP contribution in [-0.4, -0.2) is 30.6 Å². The van der Waals surface area contributed by atoms with Crippen molar-refractivity contribution in [2.45, 2.75) is 64.3 Å². The van der Waals surface area contributed by atoms with Crippen LogP contribution in [0.5, 0.6) is 0 Å². The van der Waals surface area contributed by atoms with Gasteiger partial charge in [0.25, 0.3) is 0 Å². The Morgan fingerprint density at radius 3 is 2.54 bits per heavy atom. The number of anilines is 1. The van der Waals surface area contributed by atoms with E-state index >= 15 is 4.39 Å². The Balaban J connectivity index is 1.13. The number of halogens is 3. The van der Waals surface area contributed by atoms with Crippen LogP contribution in [0.3, 0.4) is 0 Å². The molecule has 3 nitrogen and oxygen atoms in total. The van der Waals surface area contributed by atoms with E-state index < -0.39 is 0 Å². The number of aliphatic imine (C=N–C) groups is 1. The van der Waals surface area contributed by atoms with Gasteiger partial charge in [-0.25, -0.2) is 4.39 Å². The van der Waals surface area contributed by atoms with E-state index in [1.807, 2.05) is 30.3 Å². The van der Waals surface area contributed by atoms with Gasteiger partial charge in [-0.15, -0.1) is 0 Å². The normalized spacial score (nSPS) is 24.8. The Morgan fingerprint density at radius 1 is 1.11 bits per heavy atom. The van der Waals surface area contributed by atoms with Crippen LogP contribution in [0.1, 0.15) is 63.0 Å². The molecule has 2 unspecified atom stereocenters. The summed E-state index contributed by atoms with van der Waals surface area (Å²) in [5.41, 5.74) is 6.39. The third kappa shape index (κ3) is 5.00. The van der Waals surface area contributed by atoms with Crippen molar-refractivity contribution in [1.82, 2.24) is 0 Å². The van der Waals surface area contributed by atoms with Crippen LogP contribution in [0.2, 0.25) is 10.0 Å². The van der Waals surface area contributed by atoms with Crippen LogP contribution in [0.25, 0.3) is 0 Å². The zero-order valence-electron chi connectivity index (χ0n) is 21.3. The van der Waals surface area contributed by atoms with Gasteiger partial charge in [-0.1, -0.05) is 35.3 Å². The molecule has 2 bridgehead atoms. The molecular weight excluding hydrogens is 506 g/mol. The third-order valence-electron chi connectivity index (χ3n) is 8.89. The zero-order chi connectivity index (χ0) is 25.7. The molecule has 1 saturated heterocycles. The minimum absolute atomic E-state index is 0.137. The highest BCUT2D eigenvalue weighted by Gasteiger charge is 2.45. The second kappa shape index (κ2) is 10.2. The monoisotopic (exact) mass is 538 g/mol. The number of Topliss-reactive ketones (excluding diaryl/α,β-unsaturated/α-hetero) is 1. The molecular formula is C31H33Cl2FN2O. The number of rotatable bonds is 9. The van der Waals surface area contributed by atoms with Gasteiger partial charge < -0.3 is 9.69 Å². The molecule has 6 rings (SSSR count). The second-order valence-electron chi connectivity index (χ2n) is 11.4. The van der Waals surface area contributed by atoms with Crippen LogP contribution in [0.15, 0.2) is 52.5 Å². The maximum Gasteiger partial charge on any atom is 0.146 e. The molecule has 6 heteroatoms. The average Bonchev–Trinajstić information content (AvgIpc) is 3.32. The molecule has 0 N–H and O–H groups in total. The summed E-state index contributed by atoms with van der Waals surface area (Å²) in [6.07, 6.45) is 7.99. The maximum atomic E-state index is 15.0. The van der Waals surface area contributed by atoms with Crippen LogP contribution in [0.4, 0.5) is 10.1 Å². The quantitative estimate of drug-likeness (QED) is 0.325. The number of hydrogen-bond acceptors (Lipinski definition) is 3. The highest BCUT2D eigenvalue weighted by Crippen LogP contribution is 2.48. The first-order valence-corrected chi connectivity index (χ1v) is 14.4. The molecule has 2 aromatic carbocycles. The summed E-state index contributed by atoms with van der Waals surface area (Å²) in [6, 6.07) is 11.6. The van der Waals surface area contributed by atoms with Crippen LogP contribution < -0.4 is 4.90 Å². The summed E-state index contributed by atoms with van der Waals surface area (Å²) >= 11 is 13.2. The molecule has 4 aliphatic rings. The Hall–Kier alpha value is -2.17. The first kappa shape index (κ1) is 25.1. The van der Waals surface area contributed by atoms with E-state index in [-0.39, 0.29) is 11.6 Å². The number of ketones is 1. The first-order chi connectivity index (χ1) is 17.9. The van der Waals surface area contributed by atoms with Gasteiger partial charge in [0.05, 0.1) is 28.0 Å². The van der Waals surface area contributed by atoms with Crippen molar-refractivity contribution in [2.24, 2.45) is 22.7 Å². The molecule has 37 heavy (non-hydrogen) atoms. The van der Waals surface area contributed by atoms with E-state index in [4.69, 9.17) is 28.2 Å². The fraction of sp³-hybridized carbons (Fsp3) is 0.484. The molecule has 2 saturated carbocycles. The van der Waals surface area contributed by atoms with Gasteiger partial charge in [0.1, 0.15) is 11.6 Å². The molecule has 2 heterocycles. The van der Waals surface area contributed by atoms with E-state index in [9.17, 15) is 4.79 Å². The van der Waals surface area contributed by atoms with Gasteiger partial charge in [0.15, 0.2) is 0 Å². The number of nitrogens with zero attached hydrogens (tertiary/aromatic N) is 2. The molecule has 3 atom stereocenters. The van der Waals surface area contributed by atoms with Gasteiger partial charge in [-0.05, 0) is 111 Å². The Bertz CT molecular complexity index is 1280. The topological polar surface area (TPSA) is 32.7 Å². The predicted molar refractivity (Wildman–Crippen MR) is 150 cm³/mol. The molecule has 194 valence electrons. The smallest absolute Gasteiger partial charge is 0.146 e. The Kier molecular flexibility index (Phi) is 6.92. The van der Waals surface area contributed by atoms with Gasteiger partial charge in [0.2, 0.25) is 0 Å². The Labute approximate surface area is 228 Å². The van der Waals surface area contributed by atoms with E-state index in [2.05, 4.69) is 4.90 Å². The van der Waals surface area contributed by atoms with Crippen LogP contribution >= 0.6 is 23.2 Å². The van der Waals surface area contributed by atoms with E-state index in [0.717, 1.165) is 61.3 Å². The lowest BCUT2D eigenvalue weighted by atomic mass is 9.85. The predicted octanol–water partition coefficient (Wildman–Crippen LogP) is 7.86. The third-order valence-corrected chi connectivity index (χ3v) is 9.52. The molecule has 2 aromatic rings. The number of piperidine rings is 1. The summed E-state index contributed by atoms with van der Waals surface area (Å²) in [4.78, 5) is 18.5. The number of aryl methyl sites for hydroxylation is 1. The highest BCUT2D eigenvalue weighted by molar-refractivity contribution is 6.41. The van der Waals surface area contributed by atoms with Crippen molar-refractivity contribution >= 4 is 40.4 Å². The fourth-order valence-corrected chi connectivity index (χ4v) is 7.42. The second-order valence-corrected chi connectivity index (χ2v) is 12.2. The lowest BCUT2D eigenvalue weighted by molar-refractivity contribution is -0.116. The van der Waals surface area contributed by atoms with Gasteiger partial charge in [0, 0.05) is 24.6 Å². The number of allylic oxidation sites excluding steroid dienone is 1. The summed E-state index contributed by atoms with van der Waals surface area (Å²) < 4.78 is 15.0. The molecule has 2 aliphatic heterocycles.